The van der Waals surface area contributed by atoms with Crippen LogP contribution in [-0.4, -0.2) is 17.5 Å². The predicted molar refractivity (Wildman–Crippen MR) is 81.2 cm³/mol. The maximum absolute atomic E-state index is 3.96. The molecule has 0 N–H and O–H groups in total. The highest BCUT2D eigenvalue weighted by Gasteiger charge is 2.47. The number of fused-ring (bicyclic) bond motifs is 2. The topological polar surface area (TPSA) is 3.24 Å². The lowest BCUT2D eigenvalue weighted by atomic mass is 9.64. The molecule has 1 saturated heterocycles. The molecule has 1 heteroatoms. The Morgan fingerprint density at radius 2 is 1.95 bits per heavy atom. The lowest BCUT2D eigenvalue weighted by Crippen LogP contribution is -2.52. The lowest BCUT2D eigenvalue weighted by Gasteiger charge is -2.55. The van der Waals surface area contributed by atoms with Gasteiger partial charge in [0.15, 0.2) is 0 Å². The second-order valence-corrected chi connectivity index (χ2v) is 5.96. The van der Waals surface area contributed by atoms with Gasteiger partial charge in [0.1, 0.15) is 0 Å². The highest BCUT2D eigenvalue weighted by molar-refractivity contribution is 5.40. The molecule has 0 spiro atoms. The molecular weight excluding hydrogens is 230 g/mol. The Morgan fingerprint density at radius 3 is 2.63 bits per heavy atom. The summed E-state index contributed by atoms with van der Waals surface area (Å²) in [5, 5.41) is 0. The van der Waals surface area contributed by atoms with Gasteiger partial charge in [0, 0.05) is 24.5 Å². The van der Waals surface area contributed by atoms with Crippen molar-refractivity contribution in [3.05, 3.63) is 60.7 Å². The third kappa shape index (κ3) is 1.88. The average Bonchev–Trinajstić information content (AvgIpc) is 2.42. The van der Waals surface area contributed by atoms with Gasteiger partial charge in [-0.15, -0.1) is 13.2 Å². The Balaban J connectivity index is 2.08. The van der Waals surface area contributed by atoms with Crippen LogP contribution in [0.4, 0.5) is 0 Å². The molecule has 4 atom stereocenters. The lowest BCUT2D eigenvalue weighted by molar-refractivity contribution is 0.0281. The van der Waals surface area contributed by atoms with E-state index in [0.29, 0.717) is 18.0 Å². The minimum atomic E-state index is 0.569. The Morgan fingerprint density at radius 1 is 1.21 bits per heavy atom. The van der Waals surface area contributed by atoms with Crippen molar-refractivity contribution in [3.63, 3.8) is 0 Å². The summed E-state index contributed by atoms with van der Waals surface area (Å²) in [5.41, 5.74) is 3.13. The van der Waals surface area contributed by atoms with Crippen LogP contribution in [0.3, 0.4) is 0 Å². The normalized spacial score (nSPS) is 32.9. The number of piperidine rings is 1. The van der Waals surface area contributed by atoms with Gasteiger partial charge < -0.3 is 0 Å². The first-order valence-corrected chi connectivity index (χ1v) is 7.34. The van der Waals surface area contributed by atoms with Crippen LogP contribution in [0, 0.1) is 5.92 Å². The summed E-state index contributed by atoms with van der Waals surface area (Å²) in [6, 6.07) is 10.2. The van der Waals surface area contributed by atoms with Gasteiger partial charge in [0.25, 0.3) is 0 Å². The van der Waals surface area contributed by atoms with Gasteiger partial charge >= 0.3 is 0 Å². The van der Waals surface area contributed by atoms with Gasteiger partial charge in [0.2, 0.25) is 0 Å². The molecule has 2 aliphatic heterocycles. The van der Waals surface area contributed by atoms with E-state index in [4.69, 9.17) is 0 Å². The average molecular weight is 253 g/mol. The molecule has 4 unspecified atom stereocenters. The van der Waals surface area contributed by atoms with E-state index < -0.39 is 0 Å². The van der Waals surface area contributed by atoms with Crippen LogP contribution in [0.5, 0.6) is 0 Å². The van der Waals surface area contributed by atoms with E-state index in [1.807, 2.05) is 6.08 Å². The highest BCUT2D eigenvalue weighted by Crippen LogP contribution is 2.53. The quantitative estimate of drug-likeness (QED) is 0.723. The number of hydrogen-bond acceptors (Lipinski definition) is 1. The van der Waals surface area contributed by atoms with Crippen molar-refractivity contribution < 1.29 is 0 Å². The summed E-state index contributed by atoms with van der Waals surface area (Å²) in [6.07, 6.45) is 6.48. The molecule has 0 saturated carbocycles. The third-order valence-corrected chi connectivity index (χ3v) is 4.91. The molecular formula is C18H23N. The number of benzene rings is 1. The largest absolute Gasteiger partial charge is 0.289 e. The second-order valence-electron chi connectivity index (χ2n) is 5.96. The summed E-state index contributed by atoms with van der Waals surface area (Å²) in [4.78, 5) is 2.64. The third-order valence-electron chi connectivity index (χ3n) is 4.91. The minimum absolute atomic E-state index is 0.569. The Hall–Kier alpha value is -1.34. The SMILES string of the molecule is C=CCC1C2c3ccccc3C(CC2C)N1CC=C. The van der Waals surface area contributed by atoms with Crippen molar-refractivity contribution in [2.75, 3.05) is 6.54 Å². The molecule has 1 aliphatic carbocycles. The van der Waals surface area contributed by atoms with E-state index in [1.54, 1.807) is 11.1 Å². The first-order chi connectivity index (χ1) is 9.27. The molecule has 0 amide bonds. The van der Waals surface area contributed by atoms with Gasteiger partial charge in [-0.05, 0) is 29.9 Å². The van der Waals surface area contributed by atoms with E-state index in [1.165, 1.54) is 6.42 Å². The van der Waals surface area contributed by atoms with Crippen LogP contribution in [-0.2, 0) is 0 Å². The molecule has 1 aromatic carbocycles. The molecule has 2 bridgehead atoms. The molecule has 0 radical (unpaired) electrons. The highest BCUT2D eigenvalue weighted by atomic mass is 15.2. The van der Waals surface area contributed by atoms with E-state index in [-0.39, 0.29) is 0 Å². The molecule has 1 aromatic rings. The maximum atomic E-state index is 3.96. The summed E-state index contributed by atoms with van der Waals surface area (Å²) in [6.45, 7) is 11.3. The monoisotopic (exact) mass is 253 g/mol. The molecule has 100 valence electrons. The van der Waals surface area contributed by atoms with Gasteiger partial charge in [-0.25, -0.2) is 0 Å². The molecule has 0 aromatic heterocycles. The van der Waals surface area contributed by atoms with Crippen LogP contribution in [0.2, 0.25) is 0 Å². The van der Waals surface area contributed by atoms with Crippen molar-refractivity contribution in [2.45, 2.75) is 37.8 Å². The van der Waals surface area contributed by atoms with Gasteiger partial charge in [-0.1, -0.05) is 43.3 Å². The Labute approximate surface area is 116 Å². The summed E-state index contributed by atoms with van der Waals surface area (Å²) in [7, 11) is 0. The predicted octanol–water partition coefficient (Wildman–Crippen LogP) is 4.30. The Kier molecular flexibility index (Phi) is 3.32. The molecule has 19 heavy (non-hydrogen) atoms. The van der Waals surface area contributed by atoms with E-state index in [2.05, 4.69) is 55.3 Å². The summed E-state index contributed by atoms with van der Waals surface area (Å²) < 4.78 is 0. The van der Waals surface area contributed by atoms with Crippen molar-refractivity contribution in [1.29, 1.82) is 0 Å². The van der Waals surface area contributed by atoms with E-state index in [9.17, 15) is 0 Å². The first-order valence-electron chi connectivity index (χ1n) is 7.34. The molecule has 2 heterocycles. The van der Waals surface area contributed by atoms with E-state index >= 15 is 0 Å². The number of hydrogen-bond donors (Lipinski definition) is 0. The molecule has 1 fully saturated rings. The van der Waals surface area contributed by atoms with Crippen LogP contribution in [0.25, 0.3) is 0 Å². The molecule has 3 aliphatic rings. The van der Waals surface area contributed by atoms with Gasteiger partial charge in [-0.2, -0.15) is 0 Å². The van der Waals surface area contributed by atoms with Crippen molar-refractivity contribution >= 4 is 0 Å². The van der Waals surface area contributed by atoms with E-state index in [0.717, 1.165) is 18.9 Å². The van der Waals surface area contributed by atoms with Crippen molar-refractivity contribution in [2.24, 2.45) is 5.92 Å². The van der Waals surface area contributed by atoms with Crippen LogP contribution < -0.4 is 0 Å². The fourth-order valence-electron chi connectivity index (χ4n) is 4.25. The van der Waals surface area contributed by atoms with Crippen LogP contribution in [0.15, 0.2) is 49.6 Å². The van der Waals surface area contributed by atoms with Crippen molar-refractivity contribution in [1.82, 2.24) is 4.90 Å². The molecule has 4 rings (SSSR count). The number of rotatable bonds is 4. The van der Waals surface area contributed by atoms with Gasteiger partial charge in [0.05, 0.1) is 0 Å². The van der Waals surface area contributed by atoms with Crippen molar-refractivity contribution in [3.8, 4) is 0 Å². The smallest absolute Gasteiger partial charge is 0.0360 e. The number of nitrogens with zero attached hydrogens (tertiary/aromatic N) is 1. The van der Waals surface area contributed by atoms with Crippen LogP contribution >= 0.6 is 0 Å². The Bertz CT molecular complexity index is 490. The zero-order valence-electron chi connectivity index (χ0n) is 11.8. The second kappa shape index (κ2) is 4.97. The maximum Gasteiger partial charge on any atom is 0.0360 e. The van der Waals surface area contributed by atoms with Gasteiger partial charge in [-0.3, -0.25) is 4.90 Å². The first kappa shape index (κ1) is 12.7. The summed E-state index contributed by atoms with van der Waals surface area (Å²) >= 11 is 0. The zero-order valence-corrected chi connectivity index (χ0v) is 11.8. The fourth-order valence-corrected chi connectivity index (χ4v) is 4.25. The standard InChI is InChI=1S/C18H23N/c1-4-8-16-18-13(3)12-17(19(16)11-5-2)14-9-6-7-10-15(14)18/h4-7,9-10,13,16-18H,1-2,8,11-12H2,3H3. The summed E-state index contributed by atoms with van der Waals surface area (Å²) in [5.74, 6) is 1.42. The van der Waals surface area contributed by atoms with Crippen LogP contribution in [0.1, 0.15) is 42.9 Å². The fraction of sp³-hybridized carbons (Fsp3) is 0.444. The minimum Gasteiger partial charge on any atom is -0.289 e. The zero-order chi connectivity index (χ0) is 13.4. The molecule has 1 nitrogen and oxygen atoms in total.